The van der Waals surface area contributed by atoms with Crippen molar-refractivity contribution in [2.24, 2.45) is 0 Å². The first-order valence-electron chi connectivity index (χ1n) is 6.64. The van der Waals surface area contributed by atoms with Crippen molar-refractivity contribution >= 4 is 5.57 Å². The number of methoxy groups -OCH3 is 2. The monoisotopic (exact) mass is 279 g/mol. The molecule has 2 rings (SSSR count). The average Bonchev–Trinajstić information content (AvgIpc) is 2.56. The third-order valence-electron chi connectivity index (χ3n) is 3.20. The summed E-state index contributed by atoms with van der Waals surface area (Å²) in [6, 6.07) is 17.8. The standard InChI is InChI=1S/C18H17NO2/c1-20-16-9-5-14(6-10-16)18(4-3-13-19)15-7-11-17(21-2)12-8-15/h4-12H,3H2,1-2H3. The Hall–Kier alpha value is -2.73. The van der Waals surface area contributed by atoms with Crippen LogP contribution in [0, 0.1) is 11.3 Å². The van der Waals surface area contributed by atoms with Gasteiger partial charge in [-0.3, -0.25) is 0 Å². The maximum atomic E-state index is 8.84. The van der Waals surface area contributed by atoms with Gasteiger partial charge in [0.1, 0.15) is 11.5 Å². The zero-order valence-corrected chi connectivity index (χ0v) is 12.2. The molecule has 0 bridgehead atoms. The molecule has 0 radical (unpaired) electrons. The summed E-state index contributed by atoms with van der Waals surface area (Å²) in [6.45, 7) is 0. The van der Waals surface area contributed by atoms with Gasteiger partial charge in [0.05, 0.1) is 26.7 Å². The van der Waals surface area contributed by atoms with Gasteiger partial charge in [-0.1, -0.05) is 30.3 Å². The third kappa shape index (κ3) is 3.64. The van der Waals surface area contributed by atoms with Gasteiger partial charge in [0.15, 0.2) is 0 Å². The molecule has 0 heterocycles. The van der Waals surface area contributed by atoms with E-state index in [1.54, 1.807) is 14.2 Å². The molecule has 0 unspecified atom stereocenters. The summed E-state index contributed by atoms with van der Waals surface area (Å²) in [7, 11) is 3.29. The molecule has 0 saturated carbocycles. The molecule has 0 aliphatic carbocycles. The summed E-state index contributed by atoms with van der Waals surface area (Å²) in [4.78, 5) is 0. The van der Waals surface area contributed by atoms with Crippen LogP contribution in [-0.4, -0.2) is 14.2 Å². The number of nitriles is 1. The van der Waals surface area contributed by atoms with E-state index in [2.05, 4.69) is 6.07 Å². The first-order chi connectivity index (χ1) is 10.3. The van der Waals surface area contributed by atoms with Gasteiger partial charge in [-0.15, -0.1) is 0 Å². The van der Waals surface area contributed by atoms with Crippen LogP contribution in [0.4, 0.5) is 0 Å². The fourth-order valence-corrected chi connectivity index (χ4v) is 2.09. The van der Waals surface area contributed by atoms with Crippen molar-refractivity contribution in [1.82, 2.24) is 0 Å². The minimum absolute atomic E-state index is 0.368. The minimum atomic E-state index is 0.368. The minimum Gasteiger partial charge on any atom is -0.497 e. The van der Waals surface area contributed by atoms with Gasteiger partial charge in [-0.2, -0.15) is 5.26 Å². The largest absolute Gasteiger partial charge is 0.497 e. The zero-order chi connectivity index (χ0) is 15.1. The molecule has 2 aromatic carbocycles. The van der Waals surface area contributed by atoms with E-state index in [9.17, 15) is 0 Å². The van der Waals surface area contributed by atoms with Gasteiger partial charge in [0.2, 0.25) is 0 Å². The highest BCUT2D eigenvalue weighted by Gasteiger charge is 2.05. The zero-order valence-electron chi connectivity index (χ0n) is 12.2. The number of benzene rings is 2. The molecular weight excluding hydrogens is 262 g/mol. The van der Waals surface area contributed by atoms with E-state index in [-0.39, 0.29) is 0 Å². The Morgan fingerprint density at radius 1 is 0.905 bits per heavy atom. The predicted molar refractivity (Wildman–Crippen MR) is 83.3 cm³/mol. The van der Waals surface area contributed by atoms with E-state index < -0.39 is 0 Å². The Kier molecular flexibility index (Phi) is 5.00. The highest BCUT2D eigenvalue weighted by Crippen LogP contribution is 2.27. The Balaban J connectivity index is 2.39. The van der Waals surface area contributed by atoms with Crippen LogP contribution in [0.3, 0.4) is 0 Å². The van der Waals surface area contributed by atoms with Crippen LogP contribution in [0.2, 0.25) is 0 Å². The lowest BCUT2D eigenvalue weighted by atomic mass is 9.97. The molecule has 0 amide bonds. The first kappa shape index (κ1) is 14.7. The molecular formula is C18H17NO2. The van der Waals surface area contributed by atoms with Crippen molar-refractivity contribution in [3.63, 3.8) is 0 Å². The Morgan fingerprint density at radius 2 is 1.33 bits per heavy atom. The molecule has 106 valence electrons. The van der Waals surface area contributed by atoms with Crippen LogP contribution < -0.4 is 9.47 Å². The van der Waals surface area contributed by atoms with Gasteiger partial charge < -0.3 is 9.47 Å². The first-order valence-corrected chi connectivity index (χ1v) is 6.64. The number of rotatable bonds is 5. The van der Waals surface area contributed by atoms with Crippen LogP contribution in [0.5, 0.6) is 11.5 Å². The van der Waals surface area contributed by atoms with Gasteiger partial charge in [-0.25, -0.2) is 0 Å². The normalized spacial score (nSPS) is 9.57. The lowest BCUT2D eigenvalue weighted by molar-refractivity contribution is 0.414. The second-order valence-corrected chi connectivity index (χ2v) is 4.44. The number of allylic oxidation sites excluding steroid dienone is 1. The van der Waals surface area contributed by atoms with Crippen LogP contribution >= 0.6 is 0 Å². The summed E-state index contributed by atoms with van der Waals surface area (Å²) in [5.74, 6) is 1.63. The van der Waals surface area contributed by atoms with Gasteiger partial charge in [0.25, 0.3) is 0 Å². The van der Waals surface area contributed by atoms with Crippen molar-refractivity contribution in [1.29, 1.82) is 5.26 Å². The Bertz CT molecular complexity index is 600. The van der Waals surface area contributed by atoms with Crippen LogP contribution in [0.25, 0.3) is 5.57 Å². The fraction of sp³-hybridized carbons (Fsp3) is 0.167. The van der Waals surface area contributed by atoms with E-state index in [4.69, 9.17) is 14.7 Å². The molecule has 0 fully saturated rings. The quantitative estimate of drug-likeness (QED) is 0.829. The molecule has 21 heavy (non-hydrogen) atoms. The number of nitrogens with zero attached hydrogens (tertiary/aromatic N) is 1. The van der Waals surface area contributed by atoms with Crippen LogP contribution in [-0.2, 0) is 0 Å². The summed E-state index contributed by atoms with van der Waals surface area (Å²) in [6.07, 6.45) is 2.30. The summed E-state index contributed by atoms with van der Waals surface area (Å²) < 4.78 is 10.4. The lowest BCUT2D eigenvalue weighted by Gasteiger charge is -2.10. The molecule has 0 aliphatic rings. The molecule has 2 aromatic rings. The van der Waals surface area contributed by atoms with Crippen LogP contribution in [0.15, 0.2) is 54.6 Å². The molecule has 0 aromatic heterocycles. The maximum Gasteiger partial charge on any atom is 0.118 e. The van der Waals surface area contributed by atoms with Crippen molar-refractivity contribution < 1.29 is 9.47 Å². The van der Waals surface area contributed by atoms with E-state index in [0.717, 1.165) is 28.2 Å². The smallest absolute Gasteiger partial charge is 0.118 e. The van der Waals surface area contributed by atoms with Gasteiger partial charge >= 0.3 is 0 Å². The summed E-state index contributed by atoms with van der Waals surface area (Å²) in [5.41, 5.74) is 3.13. The maximum absolute atomic E-state index is 8.84. The summed E-state index contributed by atoms with van der Waals surface area (Å²) in [5, 5.41) is 8.84. The van der Waals surface area contributed by atoms with Crippen LogP contribution in [0.1, 0.15) is 17.5 Å². The Labute approximate surface area is 125 Å². The molecule has 3 heteroatoms. The van der Waals surface area contributed by atoms with Gasteiger partial charge in [-0.05, 0) is 41.0 Å². The van der Waals surface area contributed by atoms with E-state index in [1.807, 2.05) is 54.6 Å². The summed E-state index contributed by atoms with van der Waals surface area (Å²) >= 11 is 0. The van der Waals surface area contributed by atoms with E-state index in [1.165, 1.54) is 0 Å². The molecule has 0 spiro atoms. The van der Waals surface area contributed by atoms with E-state index >= 15 is 0 Å². The molecule has 3 nitrogen and oxygen atoms in total. The molecule has 0 saturated heterocycles. The Morgan fingerprint density at radius 3 is 1.67 bits per heavy atom. The third-order valence-corrected chi connectivity index (χ3v) is 3.20. The molecule has 0 aliphatic heterocycles. The predicted octanol–water partition coefficient (Wildman–Crippen LogP) is 4.05. The van der Waals surface area contributed by atoms with E-state index in [0.29, 0.717) is 6.42 Å². The second kappa shape index (κ2) is 7.16. The second-order valence-electron chi connectivity index (χ2n) is 4.44. The number of hydrogen-bond donors (Lipinski definition) is 0. The van der Waals surface area contributed by atoms with Crippen molar-refractivity contribution in [2.75, 3.05) is 14.2 Å². The number of ether oxygens (including phenoxy) is 2. The SMILES string of the molecule is COc1ccc(C(=CCC#N)c2ccc(OC)cc2)cc1. The van der Waals surface area contributed by atoms with Crippen molar-refractivity contribution in [3.05, 3.63) is 65.7 Å². The molecule has 0 N–H and O–H groups in total. The average molecular weight is 279 g/mol. The number of hydrogen-bond acceptors (Lipinski definition) is 3. The lowest BCUT2D eigenvalue weighted by Crippen LogP contribution is -1.90. The highest BCUT2D eigenvalue weighted by molar-refractivity contribution is 5.80. The van der Waals surface area contributed by atoms with Crippen molar-refractivity contribution in [2.45, 2.75) is 6.42 Å². The fourth-order valence-electron chi connectivity index (χ4n) is 2.09. The van der Waals surface area contributed by atoms with Crippen molar-refractivity contribution in [3.8, 4) is 17.6 Å². The molecule has 0 atom stereocenters. The topological polar surface area (TPSA) is 42.2 Å². The van der Waals surface area contributed by atoms with Gasteiger partial charge in [0, 0.05) is 0 Å². The highest BCUT2D eigenvalue weighted by atomic mass is 16.5.